The number of ether oxygens (including phenoxy) is 1. The number of anilines is 1. The van der Waals surface area contributed by atoms with E-state index in [2.05, 4.69) is 10.6 Å². The van der Waals surface area contributed by atoms with E-state index in [-0.39, 0.29) is 25.2 Å². The average molecular weight is 451 g/mol. The Morgan fingerprint density at radius 2 is 1.63 bits per heavy atom. The number of hydrogen-bond acceptors (Lipinski definition) is 5. The van der Waals surface area contributed by atoms with Crippen LogP contribution in [0.4, 0.5) is 5.69 Å². The van der Waals surface area contributed by atoms with E-state index in [9.17, 15) is 19.2 Å². The van der Waals surface area contributed by atoms with Gasteiger partial charge in [-0.05, 0) is 48.9 Å². The highest BCUT2D eigenvalue weighted by atomic mass is 35.5. The number of carbonyl (C=O) groups excluding carboxylic acids is 4. The summed E-state index contributed by atoms with van der Waals surface area (Å²) in [7, 11) is 0. The average Bonchev–Trinajstić information content (AvgIpc) is 2.72. The number of Topliss-reactive ketones (excluding diaryl/α,β-unsaturated/α-hetero) is 1. The van der Waals surface area contributed by atoms with Crippen LogP contribution in [0.2, 0.25) is 10.0 Å². The van der Waals surface area contributed by atoms with Gasteiger partial charge < -0.3 is 15.4 Å². The van der Waals surface area contributed by atoms with E-state index < -0.39 is 24.4 Å². The van der Waals surface area contributed by atoms with E-state index in [1.165, 1.54) is 0 Å². The van der Waals surface area contributed by atoms with Gasteiger partial charge in [0.25, 0.3) is 5.91 Å². The van der Waals surface area contributed by atoms with Gasteiger partial charge in [-0.25, -0.2) is 0 Å². The maximum absolute atomic E-state index is 12.0. The fourth-order valence-corrected chi connectivity index (χ4v) is 2.68. The van der Waals surface area contributed by atoms with Crippen molar-refractivity contribution in [3.8, 4) is 0 Å². The Balaban J connectivity index is 1.66. The highest BCUT2D eigenvalue weighted by Gasteiger charge is 2.13. The Hall–Kier alpha value is -2.90. The second kappa shape index (κ2) is 11.3. The van der Waals surface area contributed by atoms with E-state index in [1.54, 1.807) is 49.4 Å². The van der Waals surface area contributed by atoms with Crippen molar-refractivity contribution in [3.63, 3.8) is 0 Å². The van der Waals surface area contributed by atoms with E-state index in [1.807, 2.05) is 0 Å². The summed E-state index contributed by atoms with van der Waals surface area (Å²) in [6, 6.07) is 11.4. The van der Waals surface area contributed by atoms with Gasteiger partial charge in [0.2, 0.25) is 5.91 Å². The lowest BCUT2D eigenvalue weighted by molar-refractivity contribution is -0.148. The molecule has 0 spiro atoms. The van der Waals surface area contributed by atoms with Gasteiger partial charge in [0, 0.05) is 27.7 Å². The summed E-state index contributed by atoms with van der Waals surface area (Å²) < 4.78 is 4.82. The third-order valence-corrected chi connectivity index (χ3v) is 4.74. The van der Waals surface area contributed by atoms with Crippen molar-refractivity contribution in [2.75, 3.05) is 18.5 Å². The van der Waals surface area contributed by atoms with Gasteiger partial charge in [-0.15, -0.1) is 0 Å². The van der Waals surface area contributed by atoms with Crippen LogP contribution in [0.25, 0.3) is 0 Å². The molecule has 0 aliphatic carbocycles. The van der Waals surface area contributed by atoms with Gasteiger partial charge in [0.1, 0.15) is 0 Å². The van der Waals surface area contributed by atoms with Gasteiger partial charge >= 0.3 is 5.97 Å². The Bertz CT molecular complexity index is 945. The molecular weight excluding hydrogens is 431 g/mol. The first kappa shape index (κ1) is 23.4. The van der Waals surface area contributed by atoms with Crippen LogP contribution < -0.4 is 10.6 Å². The molecule has 2 N–H and O–H groups in total. The molecule has 2 rings (SSSR count). The van der Waals surface area contributed by atoms with Crippen molar-refractivity contribution < 1.29 is 23.9 Å². The number of rotatable bonds is 9. The van der Waals surface area contributed by atoms with E-state index in [4.69, 9.17) is 27.9 Å². The molecule has 0 unspecified atom stereocenters. The van der Waals surface area contributed by atoms with E-state index in [0.29, 0.717) is 26.9 Å². The van der Waals surface area contributed by atoms with Crippen LogP contribution in [0.5, 0.6) is 0 Å². The van der Waals surface area contributed by atoms with Crippen LogP contribution in [0.15, 0.2) is 42.5 Å². The van der Waals surface area contributed by atoms with Crippen molar-refractivity contribution >= 4 is 52.5 Å². The number of nitrogens with one attached hydrogen (secondary N) is 2. The molecule has 2 aromatic carbocycles. The van der Waals surface area contributed by atoms with Gasteiger partial charge in [0.05, 0.1) is 13.0 Å². The number of esters is 1. The highest BCUT2D eigenvalue weighted by Crippen LogP contribution is 2.22. The molecule has 0 saturated carbocycles. The largest absolute Gasteiger partial charge is 0.456 e. The van der Waals surface area contributed by atoms with E-state index >= 15 is 0 Å². The van der Waals surface area contributed by atoms with Crippen LogP contribution in [0.1, 0.15) is 28.8 Å². The summed E-state index contributed by atoms with van der Waals surface area (Å²) in [5, 5.41) is 6.00. The Morgan fingerprint density at radius 1 is 0.933 bits per heavy atom. The minimum absolute atomic E-state index is 0.0521. The Morgan fingerprint density at radius 3 is 2.33 bits per heavy atom. The zero-order valence-electron chi connectivity index (χ0n) is 16.2. The zero-order valence-corrected chi connectivity index (χ0v) is 17.7. The molecule has 158 valence electrons. The molecule has 30 heavy (non-hydrogen) atoms. The van der Waals surface area contributed by atoms with Crippen molar-refractivity contribution in [1.29, 1.82) is 0 Å². The summed E-state index contributed by atoms with van der Waals surface area (Å²) >= 11 is 11.7. The smallest absolute Gasteiger partial charge is 0.306 e. The Kier molecular flexibility index (Phi) is 8.83. The third-order valence-electron chi connectivity index (χ3n) is 4.07. The number of halogens is 2. The lowest BCUT2D eigenvalue weighted by Crippen LogP contribution is -2.35. The number of ketones is 1. The minimum atomic E-state index is -0.688. The van der Waals surface area contributed by atoms with Gasteiger partial charge in [-0.2, -0.15) is 0 Å². The molecule has 7 nitrogen and oxygen atoms in total. The predicted molar refractivity (Wildman–Crippen MR) is 114 cm³/mol. The lowest BCUT2D eigenvalue weighted by atomic mass is 10.1. The third kappa shape index (κ3) is 7.50. The minimum Gasteiger partial charge on any atom is -0.456 e. The number of amides is 2. The molecule has 0 bridgehead atoms. The molecule has 2 amide bonds. The normalized spacial score (nSPS) is 10.2. The van der Waals surface area contributed by atoms with Gasteiger partial charge in [-0.1, -0.05) is 29.3 Å². The first-order valence-corrected chi connectivity index (χ1v) is 9.78. The SMILES string of the molecule is Cc1c(Cl)cccc1NC(=O)CNC(=O)COC(=O)CCC(=O)c1ccc(Cl)cc1. The molecule has 0 aliphatic rings. The molecule has 0 aliphatic heterocycles. The van der Waals surface area contributed by atoms with Gasteiger partial charge in [0.15, 0.2) is 12.4 Å². The molecular formula is C21H20Cl2N2O5. The summed E-state index contributed by atoms with van der Waals surface area (Å²) in [5.41, 5.74) is 1.69. The molecule has 2 aromatic rings. The maximum Gasteiger partial charge on any atom is 0.306 e. The topological polar surface area (TPSA) is 102 Å². The highest BCUT2D eigenvalue weighted by molar-refractivity contribution is 6.31. The summed E-state index contributed by atoms with van der Waals surface area (Å²) in [4.78, 5) is 47.4. The van der Waals surface area contributed by atoms with E-state index in [0.717, 1.165) is 0 Å². The zero-order chi connectivity index (χ0) is 22.1. The second-order valence-electron chi connectivity index (χ2n) is 6.33. The quantitative estimate of drug-likeness (QED) is 0.449. The van der Waals surface area contributed by atoms with Crippen molar-refractivity contribution in [1.82, 2.24) is 5.32 Å². The number of benzene rings is 2. The number of hydrogen-bond donors (Lipinski definition) is 2. The molecule has 0 atom stereocenters. The first-order chi connectivity index (χ1) is 14.3. The first-order valence-electron chi connectivity index (χ1n) is 9.02. The molecule has 0 radical (unpaired) electrons. The Labute approximate surface area is 183 Å². The molecule has 9 heteroatoms. The summed E-state index contributed by atoms with van der Waals surface area (Å²) in [5.74, 6) is -2.01. The number of carbonyl (C=O) groups is 4. The van der Waals surface area contributed by atoms with Crippen LogP contribution in [-0.2, 0) is 19.1 Å². The monoisotopic (exact) mass is 450 g/mol. The molecule has 0 saturated heterocycles. The maximum atomic E-state index is 12.0. The van der Waals surface area contributed by atoms with Crippen molar-refractivity contribution in [2.45, 2.75) is 19.8 Å². The fourth-order valence-electron chi connectivity index (χ4n) is 2.38. The fraction of sp³-hybridized carbons (Fsp3) is 0.238. The second-order valence-corrected chi connectivity index (χ2v) is 7.17. The van der Waals surface area contributed by atoms with Crippen LogP contribution in [0.3, 0.4) is 0 Å². The lowest BCUT2D eigenvalue weighted by Gasteiger charge is -2.10. The van der Waals surface area contributed by atoms with Crippen molar-refractivity contribution in [2.24, 2.45) is 0 Å². The van der Waals surface area contributed by atoms with Gasteiger partial charge in [-0.3, -0.25) is 19.2 Å². The van der Waals surface area contributed by atoms with Crippen LogP contribution >= 0.6 is 23.2 Å². The standard InChI is InChI=1S/C21H20Cl2N2O5/c1-13-16(23)3-2-4-17(13)25-19(27)11-24-20(28)12-30-21(29)10-9-18(26)14-5-7-15(22)8-6-14/h2-8H,9-12H2,1H3,(H,24,28)(H,25,27). The van der Waals surface area contributed by atoms with Crippen LogP contribution in [-0.4, -0.2) is 36.7 Å². The summed E-state index contributed by atoms with van der Waals surface area (Å²) in [6.07, 6.45) is -0.216. The van der Waals surface area contributed by atoms with Crippen molar-refractivity contribution in [3.05, 3.63) is 63.6 Å². The van der Waals surface area contributed by atoms with Crippen LogP contribution in [0, 0.1) is 6.92 Å². The molecule has 0 aromatic heterocycles. The predicted octanol–water partition coefficient (Wildman–Crippen LogP) is 3.56. The summed E-state index contributed by atoms with van der Waals surface area (Å²) in [6.45, 7) is 0.919. The molecule has 0 heterocycles. The molecule has 0 fully saturated rings.